The maximum absolute atomic E-state index is 13.9. The normalized spacial score (nSPS) is 20.8. The van der Waals surface area contributed by atoms with Gasteiger partial charge in [0.1, 0.15) is 0 Å². The number of hydrogen-bond donors (Lipinski definition) is 1. The second-order valence-corrected chi connectivity index (χ2v) is 11.3. The molecule has 2 aromatic rings. The summed E-state index contributed by atoms with van der Waals surface area (Å²) in [5.74, 6) is -1.01. The fourth-order valence-corrected chi connectivity index (χ4v) is 5.65. The van der Waals surface area contributed by atoms with Gasteiger partial charge < -0.3 is 19.8 Å². The molecule has 0 radical (unpaired) electrons. The van der Waals surface area contributed by atoms with Crippen molar-refractivity contribution in [2.24, 2.45) is 0 Å². The number of nitrogens with zero attached hydrogens (tertiary/aromatic N) is 3. The van der Waals surface area contributed by atoms with Crippen LogP contribution in [0.1, 0.15) is 54.9 Å². The quantitative estimate of drug-likeness (QED) is 0.482. The number of benzene rings is 2. The average Bonchev–Trinajstić information content (AvgIpc) is 3.37. The number of rotatable bonds is 4. The van der Waals surface area contributed by atoms with Crippen LogP contribution in [0.4, 0.5) is 31.1 Å². The zero-order valence-electron chi connectivity index (χ0n) is 23.0. The van der Waals surface area contributed by atoms with Gasteiger partial charge in [0, 0.05) is 39.1 Å². The van der Waals surface area contributed by atoms with Gasteiger partial charge in [0.05, 0.1) is 28.7 Å². The van der Waals surface area contributed by atoms with E-state index in [-0.39, 0.29) is 31.1 Å². The van der Waals surface area contributed by atoms with Crippen LogP contribution in [-0.2, 0) is 22.6 Å². The molecular weight excluding hydrogens is 552 g/mol. The van der Waals surface area contributed by atoms with Gasteiger partial charge in [-0.2, -0.15) is 26.3 Å². The molecule has 1 N–H and O–H groups in total. The molecule has 2 aliphatic rings. The Morgan fingerprint density at radius 3 is 1.85 bits per heavy atom. The fraction of sp³-hybridized carbons (Fsp3) is 0.517. The van der Waals surface area contributed by atoms with Crippen LogP contribution in [0.15, 0.2) is 48.5 Å². The van der Waals surface area contributed by atoms with Gasteiger partial charge >= 0.3 is 18.4 Å². The summed E-state index contributed by atoms with van der Waals surface area (Å²) in [5.41, 5.74) is -4.30. The van der Waals surface area contributed by atoms with E-state index in [1.165, 1.54) is 25.8 Å². The van der Waals surface area contributed by atoms with Crippen LogP contribution in [0.3, 0.4) is 0 Å². The molecule has 41 heavy (non-hydrogen) atoms. The standard InChI is InChI=1S/C29H33F6N3O3/c1-27(2,19-13-20(28(30,31)32)15-21(14-19)29(33,34)35)25(40)36(3)24-17-38(16-23(24)18-7-5-4-6-8-18)26(41)37-11-9-22(39)10-12-37/h4-8,13-15,22-24,39H,9-12,16-17H2,1-3H3/t23-,24+/m0/s1. The Balaban J connectivity index is 1.66. The van der Waals surface area contributed by atoms with Crippen LogP contribution < -0.4 is 0 Å². The van der Waals surface area contributed by atoms with E-state index < -0.39 is 52.5 Å². The van der Waals surface area contributed by atoms with E-state index in [1.54, 1.807) is 9.80 Å². The second kappa shape index (κ2) is 11.2. The van der Waals surface area contributed by atoms with Gasteiger partial charge in [-0.15, -0.1) is 0 Å². The molecule has 3 amide bonds. The Kier molecular flexibility index (Phi) is 8.37. The first kappa shape index (κ1) is 30.7. The van der Waals surface area contributed by atoms with Crippen LogP contribution in [-0.4, -0.2) is 77.1 Å². The highest BCUT2D eigenvalue weighted by molar-refractivity contribution is 5.88. The third-order valence-corrected chi connectivity index (χ3v) is 8.18. The van der Waals surface area contributed by atoms with E-state index in [2.05, 4.69) is 0 Å². The van der Waals surface area contributed by atoms with E-state index >= 15 is 0 Å². The Hall–Kier alpha value is -3.28. The van der Waals surface area contributed by atoms with Crippen LogP contribution in [0.5, 0.6) is 0 Å². The Labute approximate surface area is 234 Å². The predicted octanol–water partition coefficient (Wildman–Crippen LogP) is 5.50. The molecule has 224 valence electrons. The maximum atomic E-state index is 13.9. The minimum Gasteiger partial charge on any atom is -0.393 e. The summed E-state index contributed by atoms with van der Waals surface area (Å²) in [7, 11) is 1.47. The van der Waals surface area contributed by atoms with Crippen LogP contribution in [0, 0.1) is 0 Å². The van der Waals surface area contributed by atoms with E-state index in [4.69, 9.17) is 0 Å². The highest BCUT2D eigenvalue weighted by Gasteiger charge is 2.46. The van der Waals surface area contributed by atoms with Crippen molar-refractivity contribution in [1.29, 1.82) is 0 Å². The lowest BCUT2D eigenvalue weighted by Crippen LogP contribution is -2.50. The fourth-order valence-electron chi connectivity index (χ4n) is 5.65. The van der Waals surface area contributed by atoms with Gasteiger partial charge in [0.15, 0.2) is 0 Å². The summed E-state index contributed by atoms with van der Waals surface area (Å²) >= 11 is 0. The van der Waals surface area contributed by atoms with Crippen molar-refractivity contribution in [2.75, 3.05) is 33.2 Å². The molecule has 2 heterocycles. The Morgan fingerprint density at radius 2 is 1.34 bits per heavy atom. The molecule has 0 bridgehead atoms. The molecule has 2 fully saturated rings. The molecule has 0 spiro atoms. The van der Waals surface area contributed by atoms with Gasteiger partial charge in [-0.3, -0.25) is 4.79 Å². The summed E-state index contributed by atoms with van der Waals surface area (Å²) in [4.78, 5) is 31.8. The minimum atomic E-state index is -5.05. The zero-order chi connectivity index (χ0) is 30.3. The van der Waals surface area contributed by atoms with Crippen LogP contribution in [0.2, 0.25) is 0 Å². The van der Waals surface area contributed by atoms with Gasteiger partial charge in [0.2, 0.25) is 5.91 Å². The predicted molar refractivity (Wildman–Crippen MR) is 139 cm³/mol. The number of carbonyl (C=O) groups excluding carboxylic acids is 2. The lowest BCUT2D eigenvalue weighted by molar-refractivity contribution is -0.144. The van der Waals surface area contributed by atoms with E-state index in [1.807, 2.05) is 30.3 Å². The molecule has 0 aliphatic carbocycles. The Morgan fingerprint density at radius 1 is 0.829 bits per heavy atom. The molecule has 4 rings (SSSR count). The lowest BCUT2D eigenvalue weighted by atomic mass is 9.80. The van der Waals surface area contributed by atoms with Crippen molar-refractivity contribution >= 4 is 11.9 Å². The number of hydrogen-bond acceptors (Lipinski definition) is 3. The van der Waals surface area contributed by atoms with Crippen molar-refractivity contribution < 1.29 is 41.0 Å². The third-order valence-electron chi connectivity index (χ3n) is 8.18. The molecular formula is C29H33F6N3O3. The highest BCUT2D eigenvalue weighted by atomic mass is 19.4. The maximum Gasteiger partial charge on any atom is 0.416 e. The largest absolute Gasteiger partial charge is 0.416 e. The molecule has 0 saturated carbocycles. The number of carbonyl (C=O) groups is 2. The van der Waals surface area contributed by atoms with Crippen molar-refractivity contribution in [2.45, 2.75) is 62.5 Å². The first-order valence-electron chi connectivity index (χ1n) is 13.3. The van der Waals surface area contributed by atoms with Crippen molar-refractivity contribution in [3.63, 3.8) is 0 Å². The molecule has 0 aromatic heterocycles. The van der Waals surface area contributed by atoms with Gasteiger partial charge in [-0.25, -0.2) is 4.79 Å². The monoisotopic (exact) mass is 585 g/mol. The third kappa shape index (κ3) is 6.47. The van der Waals surface area contributed by atoms with Crippen molar-refractivity contribution in [1.82, 2.24) is 14.7 Å². The molecule has 6 nitrogen and oxygen atoms in total. The summed E-state index contributed by atoms with van der Waals surface area (Å²) in [5, 5.41) is 9.81. The average molecular weight is 586 g/mol. The van der Waals surface area contributed by atoms with Gasteiger partial charge in [-0.1, -0.05) is 30.3 Å². The summed E-state index contributed by atoms with van der Waals surface area (Å²) in [6.07, 6.45) is -9.66. The summed E-state index contributed by atoms with van der Waals surface area (Å²) in [6, 6.07) is 9.55. The highest BCUT2D eigenvalue weighted by Crippen LogP contribution is 2.40. The number of likely N-dealkylation sites (tertiary alicyclic amines) is 2. The first-order valence-corrected chi connectivity index (χ1v) is 13.3. The summed E-state index contributed by atoms with van der Waals surface area (Å²) in [6.45, 7) is 3.77. The lowest BCUT2D eigenvalue weighted by Gasteiger charge is -2.36. The summed E-state index contributed by atoms with van der Waals surface area (Å²) < 4.78 is 81.3. The molecule has 2 aliphatic heterocycles. The first-order chi connectivity index (χ1) is 19.0. The topological polar surface area (TPSA) is 64.1 Å². The van der Waals surface area contributed by atoms with Gasteiger partial charge in [0.25, 0.3) is 0 Å². The zero-order valence-corrected chi connectivity index (χ0v) is 23.0. The second-order valence-electron chi connectivity index (χ2n) is 11.3. The number of aliphatic hydroxyl groups excluding tert-OH is 1. The van der Waals surface area contributed by atoms with E-state index in [0.29, 0.717) is 38.1 Å². The van der Waals surface area contributed by atoms with Crippen LogP contribution in [0.25, 0.3) is 0 Å². The number of urea groups is 1. The van der Waals surface area contributed by atoms with Crippen molar-refractivity contribution in [3.05, 3.63) is 70.8 Å². The molecule has 0 unspecified atom stereocenters. The van der Waals surface area contributed by atoms with E-state index in [0.717, 1.165) is 5.56 Å². The minimum absolute atomic E-state index is 0.0409. The molecule has 2 atom stereocenters. The smallest absolute Gasteiger partial charge is 0.393 e. The number of piperidine rings is 1. The molecule has 2 saturated heterocycles. The number of alkyl halides is 6. The molecule has 2 aromatic carbocycles. The van der Waals surface area contributed by atoms with Gasteiger partial charge in [-0.05, 0) is 56.0 Å². The number of amides is 3. The van der Waals surface area contributed by atoms with E-state index in [9.17, 15) is 41.0 Å². The number of likely N-dealkylation sites (N-methyl/N-ethyl adjacent to an activating group) is 1. The number of aliphatic hydroxyl groups is 1. The number of halogens is 6. The van der Waals surface area contributed by atoms with Crippen LogP contribution >= 0.6 is 0 Å². The molecule has 12 heteroatoms. The van der Waals surface area contributed by atoms with Crippen molar-refractivity contribution in [3.8, 4) is 0 Å². The Bertz CT molecular complexity index is 1220. The SMILES string of the molecule is CN(C(=O)C(C)(C)c1cc(C(F)(F)F)cc(C(F)(F)F)c1)[C@@H]1CN(C(=O)N2CCC(O)CC2)C[C@H]1c1ccccc1.